The minimum absolute atomic E-state index is 0.123. The number of nitrogens with zero attached hydrogens (tertiary/aromatic N) is 2. The summed E-state index contributed by atoms with van der Waals surface area (Å²) in [6.07, 6.45) is -0.187. The molecule has 2 amide bonds. The first kappa shape index (κ1) is 21.3. The molecule has 31 heavy (non-hydrogen) atoms. The molecule has 1 aromatic heterocycles. The van der Waals surface area contributed by atoms with E-state index in [9.17, 15) is 14.9 Å². The number of carbonyl (C=O) groups is 2. The second-order valence-electron chi connectivity index (χ2n) is 7.84. The number of carbonyl (C=O) groups excluding carboxylic acids is 2. The standard InChI is InChI=1S/C22H23N3O5S/c1-22(2)29-13-15(30-22)12-28-21(27)25-9-8-16-17(10-23)20(31-18(16)11-25)24-19(26)14-6-4-3-5-7-14/h3-7,15H,8-9,11-13H2,1-2H3,(H,24,26). The molecule has 4 rings (SSSR count). The smallest absolute Gasteiger partial charge is 0.410 e. The largest absolute Gasteiger partial charge is 0.447 e. The van der Waals surface area contributed by atoms with Crippen LogP contribution in [0.3, 0.4) is 0 Å². The zero-order valence-corrected chi connectivity index (χ0v) is 18.2. The van der Waals surface area contributed by atoms with E-state index in [1.165, 1.54) is 11.3 Å². The van der Waals surface area contributed by atoms with Crippen LogP contribution in [0, 0.1) is 11.3 Å². The van der Waals surface area contributed by atoms with Crippen LogP contribution in [-0.4, -0.2) is 48.5 Å². The summed E-state index contributed by atoms with van der Waals surface area (Å²) in [5.74, 6) is -0.934. The highest BCUT2D eigenvalue weighted by Gasteiger charge is 2.34. The summed E-state index contributed by atoms with van der Waals surface area (Å²) in [7, 11) is 0. The van der Waals surface area contributed by atoms with E-state index >= 15 is 0 Å². The molecule has 2 aromatic rings. The molecule has 1 N–H and O–H groups in total. The molecule has 0 spiro atoms. The molecule has 2 aliphatic rings. The van der Waals surface area contributed by atoms with Gasteiger partial charge >= 0.3 is 6.09 Å². The lowest BCUT2D eigenvalue weighted by Gasteiger charge is -2.26. The van der Waals surface area contributed by atoms with Gasteiger partial charge < -0.3 is 24.4 Å². The van der Waals surface area contributed by atoms with Crippen LogP contribution in [0.1, 0.15) is 40.2 Å². The van der Waals surface area contributed by atoms with Crippen molar-refractivity contribution in [1.82, 2.24) is 4.90 Å². The second kappa shape index (κ2) is 8.67. The normalized spacial score (nSPS) is 19.4. The van der Waals surface area contributed by atoms with Gasteiger partial charge in [0.25, 0.3) is 5.91 Å². The zero-order valence-electron chi connectivity index (χ0n) is 17.3. The number of benzene rings is 1. The average Bonchev–Trinajstić information content (AvgIpc) is 3.30. The fraction of sp³-hybridized carbons (Fsp3) is 0.409. The molecular weight excluding hydrogens is 418 g/mol. The predicted molar refractivity (Wildman–Crippen MR) is 114 cm³/mol. The van der Waals surface area contributed by atoms with Crippen LogP contribution in [0.15, 0.2) is 30.3 Å². The van der Waals surface area contributed by atoms with Gasteiger partial charge in [-0.2, -0.15) is 5.26 Å². The molecule has 1 unspecified atom stereocenters. The number of hydrogen-bond acceptors (Lipinski definition) is 7. The van der Waals surface area contributed by atoms with Gasteiger partial charge in [-0.3, -0.25) is 4.79 Å². The monoisotopic (exact) mass is 441 g/mol. The summed E-state index contributed by atoms with van der Waals surface area (Å²) in [5, 5.41) is 13.0. The van der Waals surface area contributed by atoms with E-state index in [0.29, 0.717) is 42.2 Å². The third-order valence-corrected chi connectivity index (χ3v) is 6.28. The highest BCUT2D eigenvalue weighted by Crippen LogP contribution is 2.37. The molecule has 9 heteroatoms. The Morgan fingerprint density at radius 3 is 2.81 bits per heavy atom. The number of thiophene rings is 1. The number of nitrogens with one attached hydrogen (secondary N) is 1. The summed E-state index contributed by atoms with van der Waals surface area (Å²) >= 11 is 1.33. The maximum Gasteiger partial charge on any atom is 0.410 e. The van der Waals surface area contributed by atoms with Crippen molar-refractivity contribution >= 4 is 28.3 Å². The molecule has 1 aromatic carbocycles. The van der Waals surface area contributed by atoms with Crippen molar-refractivity contribution in [3.63, 3.8) is 0 Å². The third-order valence-electron chi connectivity index (χ3n) is 5.15. The number of hydrogen-bond donors (Lipinski definition) is 1. The van der Waals surface area contributed by atoms with Crippen LogP contribution < -0.4 is 5.32 Å². The second-order valence-corrected chi connectivity index (χ2v) is 8.94. The minimum Gasteiger partial charge on any atom is -0.447 e. The third kappa shape index (κ3) is 4.71. The highest BCUT2D eigenvalue weighted by atomic mass is 32.1. The molecular formula is C22H23N3O5S. The first-order valence-corrected chi connectivity index (χ1v) is 10.8. The van der Waals surface area contributed by atoms with Gasteiger partial charge in [0.15, 0.2) is 5.79 Å². The van der Waals surface area contributed by atoms with Gasteiger partial charge in [0.1, 0.15) is 23.8 Å². The van der Waals surface area contributed by atoms with Crippen LogP contribution in [0.2, 0.25) is 0 Å². The van der Waals surface area contributed by atoms with Crippen LogP contribution in [0.5, 0.6) is 0 Å². The van der Waals surface area contributed by atoms with E-state index in [0.717, 1.165) is 10.4 Å². The van der Waals surface area contributed by atoms with Crippen LogP contribution in [0.25, 0.3) is 0 Å². The van der Waals surface area contributed by atoms with Gasteiger partial charge in [-0.05, 0) is 38.0 Å². The fourth-order valence-electron chi connectivity index (χ4n) is 3.63. The molecule has 1 saturated heterocycles. The molecule has 0 bridgehead atoms. The fourth-order valence-corrected chi connectivity index (χ4v) is 4.84. The Morgan fingerprint density at radius 2 is 2.13 bits per heavy atom. The van der Waals surface area contributed by atoms with Gasteiger partial charge in [-0.15, -0.1) is 11.3 Å². The van der Waals surface area contributed by atoms with E-state index in [1.54, 1.807) is 29.2 Å². The van der Waals surface area contributed by atoms with Gasteiger partial charge in [-0.1, -0.05) is 18.2 Å². The summed E-state index contributed by atoms with van der Waals surface area (Å²) in [6, 6.07) is 11.0. The average molecular weight is 442 g/mol. The van der Waals surface area contributed by atoms with Crippen molar-refractivity contribution < 1.29 is 23.8 Å². The number of nitriles is 1. The molecule has 0 saturated carbocycles. The number of fused-ring (bicyclic) bond motifs is 1. The summed E-state index contributed by atoms with van der Waals surface area (Å²) < 4.78 is 16.5. The lowest BCUT2D eigenvalue weighted by molar-refractivity contribution is -0.143. The SMILES string of the molecule is CC1(C)OCC(COC(=O)N2CCc3c(sc(NC(=O)c4ccccc4)c3C#N)C2)O1. The minimum atomic E-state index is -0.664. The van der Waals surface area contributed by atoms with Gasteiger partial charge in [0, 0.05) is 17.0 Å². The molecule has 2 aliphatic heterocycles. The van der Waals surface area contributed by atoms with Gasteiger partial charge in [-0.25, -0.2) is 4.79 Å². The van der Waals surface area contributed by atoms with Crippen LogP contribution in [0.4, 0.5) is 9.80 Å². The first-order valence-electron chi connectivity index (χ1n) is 10.0. The maximum atomic E-state index is 12.5. The predicted octanol–water partition coefficient (Wildman–Crippen LogP) is 3.52. The number of ether oxygens (including phenoxy) is 3. The molecule has 162 valence electrons. The van der Waals surface area contributed by atoms with E-state index in [4.69, 9.17) is 14.2 Å². The van der Waals surface area contributed by atoms with Crippen LogP contribution >= 0.6 is 11.3 Å². The number of amides is 2. The maximum absolute atomic E-state index is 12.5. The van der Waals surface area contributed by atoms with Crippen LogP contribution in [-0.2, 0) is 27.2 Å². The van der Waals surface area contributed by atoms with E-state index in [-0.39, 0.29) is 18.6 Å². The first-order chi connectivity index (χ1) is 14.9. The Morgan fingerprint density at radius 1 is 1.35 bits per heavy atom. The molecule has 1 fully saturated rings. The molecule has 8 nitrogen and oxygen atoms in total. The van der Waals surface area contributed by atoms with E-state index in [1.807, 2.05) is 19.9 Å². The molecule has 1 atom stereocenters. The topological polar surface area (TPSA) is 101 Å². The Kier molecular flexibility index (Phi) is 5.96. The van der Waals surface area contributed by atoms with Gasteiger partial charge in [0.2, 0.25) is 0 Å². The summed E-state index contributed by atoms with van der Waals surface area (Å²) in [4.78, 5) is 27.5. The summed E-state index contributed by atoms with van der Waals surface area (Å²) in [5.41, 5.74) is 1.87. The Bertz CT molecular complexity index is 1030. The van der Waals surface area contributed by atoms with Crippen molar-refractivity contribution in [2.75, 3.05) is 25.1 Å². The Balaban J connectivity index is 1.40. The van der Waals surface area contributed by atoms with Crippen molar-refractivity contribution in [2.24, 2.45) is 0 Å². The van der Waals surface area contributed by atoms with Crippen molar-refractivity contribution in [2.45, 2.75) is 38.7 Å². The zero-order chi connectivity index (χ0) is 22.0. The van der Waals surface area contributed by atoms with Crippen molar-refractivity contribution in [3.8, 4) is 6.07 Å². The van der Waals surface area contributed by atoms with E-state index < -0.39 is 11.9 Å². The quantitative estimate of drug-likeness (QED) is 0.779. The number of rotatable bonds is 4. The Hall–Kier alpha value is -2.93. The number of anilines is 1. The summed E-state index contributed by atoms with van der Waals surface area (Å²) in [6.45, 7) is 4.92. The van der Waals surface area contributed by atoms with E-state index in [2.05, 4.69) is 11.4 Å². The molecule has 0 radical (unpaired) electrons. The lowest BCUT2D eigenvalue weighted by Crippen LogP contribution is -2.37. The van der Waals surface area contributed by atoms with Crippen molar-refractivity contribution in [3.05, 3.63) is 51.9 Å². The highest BCUT2D eigenvalue weighted by molar-refractivity contribution is 7.16. The van der Waals surface area contributed by atoms with Gasteiger partial charge in [0.05, 0.1) is 18.7 Å². The lowest BCUT2D eigenvalue weighted by atomic mass is 10.0. The van der Waals surface area contributed by atoms with Crippen molar-refractivity contribution in [1.29, 1.82) is 5.26 Å². The molecule has 3 heterocycles. The Labute approximate surface area is 184 Å². The molecule has 0 aliphatic carbocycles.